The van der Waals surface area contributed by atoms with Gasteiger partial charge < -0.3 is 4.74 Å². The van der Waals surface area contributed by atoms with E-state index >= 15 is 0 Å². The molecule has 1 atom stereocenters. The monoisotopic (exact) mass is 335 g/mol. The van der Waals surface area contributed by atoms with Crippen LogP contribution in [0.25, 0.3) is 0 Å². The van der Waals surface area contributed by atoms with E-state index < -0.39 is 0 Å². The van der Waals surface area contributed by atoms with Crippen LogP contribution in [0.15, 0.2) is 55.2 Å². The fourth-order valence-electron chi connectivity index (χ4n) is 3.34. The van der Waals surface area contributed by atoms with E-state index in [0.717, 1.165) is 25.4 Å². The van der Waals surface area contributed by atoms with Crippen molar-refractivity contribution in [2.75, 3.05) is 13.1 Å². The summed E-state index contributed by atoms with van der Waals surface area (Å²) < 4.78 is 5.69. The number of aromatic nitrogens is 4. The maximum absolute atomic E-state index is 5.69. The van der Waals surface area contributed by atoms with E-state index in [0.29, 0.717) is 11.8 Å². The number of benzene rings is 1. The van der Waals surface area contributed by atoms with Crippen LogP contribution >= 0.6 is 0 Å². The van der Waals surface area contributed by atoms with Gasteiger partial charge in [0.05, 0.1) is 12.4 Å². The van der Waals surface area contributed by atoms with Crippen LogP contribution < -0.4 is 4.74 Å². The van der Waals surface area contributed by atoms with E-state index in [1.54, 1.807) is 18.6 Å². The molecule has 1 fully saturated rings. The van der Waals surface area contributed by atoms with Crippen LogP contribution in [0.2, 0.25) is 0 Å². The summed E-state index contributed by atoms with van der Waals surface area (Å²) >= 11 is 0. The maximum Gasteiger partial charge on any atom is 0.237 e. The van der Waals surface area contributed by atoms with Gasteiger partial charge in [-0.2, -0.15) is 5.10 Å². The summed E-state index contributed by atoms with van der Waals surface area (Å²) in [6, 6.07) is 8.21. The first-order valence-corrected chi connectivity index (χ1v) is 8.61. The quantitative estimate of drug-likeness (QED) is 0.774. The van der Waals surface area contributed by atoms with Gasteiger partial charge in [-0.3, -0.25) is 15.0 Å². The number of hydrogen-bond donors (Lipinski definition) is 1. The molecule has 3 aromatic rings. The minimum atomic E-state index is 0.509. The first-order valence-electron chi connectivity index (χ1n) is 8.61. The number of hydrogen-bond acceptors (Lipinski definition) is 5. The molecule has 0 spiro atoms. The molecule has 6 nitrogen and oxygen atoms in total. The van der Waals surface area contributed by atoms with Gasteiger partial charge in [0, 0.05) is 31.7 Å². The highest BCUT2D eigenvalue weighted by Gasteiger charge is 2.21. The van der Waals surface area contributed by atoms with Crippen LogP contribution in [0.5, 0.6) is 11.6 Å². The molecule has 0 amide bonds. The maximum atomic E-state index is 5.69. The molecule has 1 saturated heterocycles. The smallest absolute Gasteiger partial charge is 0.237 e. The number of nitrogens with zero attached hydrogens (tertiary/aromatic N) is 4. The highest BCUT2D eigenvalue weighted by molar-refractivity contribution is 5.30. The SMILES string of the molecule is c1cnc(Oc2ccc(CN3CCC[C@H](c4cn[nH]c4)C3)cc2)cn1. The summed E-state index contributed by atoms with van der Waals surface area (Å²) in [5, 5.41) is 7.01. The second-order valence-corrected chi connectivity index (χ2v) is 6.40. The lowest BCUT2D eigenvalue weighted by molar-refractivity contribution is 0.200. The molecule has 0 radical (unpaired) electrons. The van der Waals surface area contributed by atoms with Gasteiger partial charge in [0.2, 0.25) is 5.88 Å². The summed E-state index contributed by atoms with van der Waals surface area (Å²) in [4.78, 5) is 10.6. The zero-order chi connectivity index (χ0) is 16.9. The van der Waals surface area contributed by atoms with Crippen molar-refractivity contribution in [2.24, 2.45) is 0 Å². The van der Waals surface area contributed by atoms with Crippen LogP contribution in [0, 0.1) is 0 Å². The van der Waals surface area contributed by atoms with E-state index in [2.05, 4.69) is 37.2 Å². The van der Waals surface area contributed by atoms with Crippen LogP contribution in [-0.2, 0) is 6.54 Å². The Morgan fingerprint density at radius 2 is 2.08 bits per heavy atom. The van der Waals surface area contributed by atoms with Crippen molar-refractivity contribution in [2.45, 2.75) is 25.3 Å². The number of nitrogens with one attached hydrogen (secondary N) is 1. The molecule has 1 aliphatic rings. The Bertz CT molecular complexity index is 773. The summed E-state index contributed by atoms with van der Waals surface area (Å²) in [6.07, 6.45) is 11.3. The Morgan fingerprint density at radius 1 is 1.16 bits per heavy atom. The highest BCUT2D eigenvalue weighted by Crippen LogP contribution is 2.27. The van der Waals surface area contributed by atoms with Crippen molar-refractivity contribution in [3.05, 3.63) is 66.4 Å². The summed E-state index contributed by atoms with van der Waals surface area (Å²) in [7, 11) is 0. The van der Waals surface area contributed by atoms with Gasteiger partial charge in [-0.25, -0.2) is 4.98 Å². The third-order valence-corrected chi connectivity index (χ3v) is 4.59. The predicted octanol–water partition coefficient (Wildman–Crippen LogP) is 3.37. The summed E-state index contributed by atoms with van der Waals surface area (Å²) in [5.41, 5.74) is 2.61. The predicted molar refractivity (Wildman–Crippen MR) is 94.4 cm³/mol. The molecule has 128 valence electrons. The zero-order valence-electron chi connectivity index (χ0n) is 14.0. The van der Waals surface area contributed by atoms with Crippen molar-refractivity contribution >= 4 is 0 Å². The third-order valence-electron chi connectivity index (χ3n) is 4.59. The Kier molecular flexibility index (Phi) is 4.70. The van der Waals surface area contributed by atoms with Crippen LogP contribution in [0.3, 0.4) is 0 Å². The fraction of sp³-hybridized carbons (Fsp3) is 0.316. The number of ether oxygens (including phenoxy) is 1. The largest absolute Gasteiger partial charge is 0.438 e. The minimum absolute atomic E-state index is 0.509. The molecule has 1 N–H and O–H groups in total. The second kappa shape index (κ2) is 7.44. The molecule has 2 aromatic heterocycles. The Hall–Kier alpha value is -2.73. The second-order valence-electron chi connectivity index (χ2n) is 6.40. The number of piperidine rings is 1. The van der Waals surface area contributed by atoms with Crippen molar-refractivity contribution in [1.29, 1.82) is 0 Å². The van der Waals surface area contributed by atoms with E-state index in [1.165, 1.54) is 24.0 Å². The highest BCUT2D eigenvalue weighted by atomic mass is 16.5. The average Bonchev–Trinajstić information content (AvgIpc) is 3.19. The fourth-order valence-corrected chi connectivity index (χ4v) is 3.34. The van der Waals surface area contributed by atoms with Crippen LogP contribution in [-0.4, -0.2) is 38.2 Å². The summed E-state index contributed by atoms with van der Waals surface area (Å²) in [5.74, 6) is 1.86. The first kappa shape index (κ1) is 15.8. The molecule has 6 heteroatoms. The topological polar surface area (TPSA) is 66.9 Å². The van der Waals surface area contributed by atoms with Gasteiger partial charge in [-0.05, 0) is 48.6 Å². The molecule has 1 aliphatic heterocycles. The lowest BCUT2D eigenvalue weighted by atomic mass is 9.92. The standard InChI is InChI=1S/C19H21N5O/c1-2-16(17-10-22-23-11-17)14-24(9-1)13-15-3-5-18(6-4-15)25-19-12-20-7-8-21-19/h3-8,10-12,16H,1-2,9,13-14H2,(H,22,23)/t16-/m0/s1. The number of likely N-dealkylation sites (tertiary alicyclic amines) is 1. The van der Waals surface area contributed by atoms with E-state index in [-0.39, 0.29) is 0 Å². The average molecular weight is 335 g/mol. The number of aromatic amines is 1. The number of rotatable bonds is 5. The molecule has 0 bridgehead atoms. The van der Waals surface area contributed by atoms with Crippen molar-refractivity contribution in [1.82, 2.24) is 25.1 Å². The van der Waals surface area contributed by atoms with Crippen LogP contribution in [0.4, 0.5) is 0 Å². The van der Waals surface area contributed by atoms with Gasteiger partial charge in [0.25, 0.3) is 0 Å². The van der Waals surface area contributed by atoms with E-state index in [4.69, 9.17) is 4.74 Å². The van der Waals surface area contributed by atoms with Crippen molar-refractivity contribution in [3.63, 3.8) is 0 Å². The van der Waals surface area contributed by atoms with Gasteiger partial charge >= 0.3 is 0 Å². The summed E-state index contributed by atoms with van der Waals surface area (Å²) in [6.45, 7) is 3.18. The van der Waals surface area contributed by atoms with Crippen molar-refractivity contribution in [3.8, 4) is 11.6 Å². The molecule has 3 heterocycles. The molecule has 25 heavy (non-hydrogen) atoms. The minimum Gasteiger partial charge on any atom is -0.438 e. The van der Waals surface area contributed by atoms with Crippen LogP contribution in [0.1, 0.15) is 29.9 Å². The van der Waals surface area contributed by atoms with Crippen molar-refractivity contribution < 1.29 is 4.74 Å². The van der Waals surface area contributed by atoms with E-state index in [1.807, 2.05) is 24.5 Å². The lowest BCUT2D eigenvalue weighted by Crippen LogP contribution is -2.33. The first-order chi connectivity index (χ1) is 12.4. The molecule has 0 unspecified atom stereocenters. The molecular weight excluding hydrogens is 314 g/mol. The Labute approximate surface area is 146 Å². The van der Waals surface area contributed by atoms with E-state index in [9.17, 15) is 0 Å². The number of H-pyrrole nitrogens is 1. The zero-order valence-corrected chi connectivity index (χ0v) is 14.0. The normalized spacial score (nSPS) is 18.2. The molecule has 1 aromatic carbocycles. The van der Waals surface area contributed by atoms with Gasteiger partial charge in [-0.15, -0.1) is 0 Å². The van der Waals surface area contributed by atoms with Gasteiger partial charge in [0.1, 0.15) is 5.75 Å². The molecule has 4 rings (SSSR count). The molecule has 0 aliphatic carbocycles. The lowest BCUT2D eigenvalue weighted by Gasteiger charge is -2.32. The molecular formula is C19H21N5O. The Balaban J connectivity index is 1.36. The van der Waals surface area contributed by atoms with Gasteiger partial charge in [0.15, 0.2) is 0 Å². The Morgan fingerprint density at radius 3 is 2.84 bits per heavy atom. The third kappa shape index (κ3) is 4.03. The molecule has 0 saturated carbocycles. The van der Waals surface area contributed by atoms with Gasteiger partial charge in [-0.1, -0.05) is 12.1 Å².